The SMILES string of the molecule is CCCC(=O)N[C@H]1C(O)O[C@H](COC(=O)[C@H](CC(C)C)NC(=O)OC(C)(C)C)[C@@H](O)[C@@H]1O. The molecule has 0 aromatic heterocycles. The first-order valence-corrected chi connectivity index (χ1v) is 10.9. The van der Waals surface area contributed by atoms with E-state index < -0.39 is 66.9 Å². The fourth-order valence-electron chi connectivity index (χ4n) is 3.13. The molecule has 0 aliphatic carbocycles. The Labute approximate surface area is 188 Å². The van der Waals surface area contributed by atoms with Crippen LogP contribution in [-0.4, -0.2) is 82.2 Å². The van der Waals surface area contributed by atoms with Gasteiger partial charge in [-0.3, -0.25) is 4.79 Å². The van der Waals surface area contributed by atoms with Crippen molar-refractivity contribution in [3.05, 3.63) is 0 Å². The highest BCUT2D eigenvalue weighted by molar-refractivity contribution is 5.81. The van der Waals surface area contributed by atoms with Crippen LogP contribution in [0.2, 0.25) is 0 Å². The molecule has 11 heteroatoms. The lowest BCUT2D eigenvalue weighted by Gasteiger charge is -2.40. The van der Waals surface area contributed by atoms with E-state index in [1.54, 1.807) is 27.7 Å². The summed E-state index contributed by atoms with van der Waals surface area (Å²) in [4.78, 5) is 36.4. The number of nitrogens with one attached hydrogen (secondary N) is 2. The number of aliphatic hydroxyl groups is 3. The van der Waals surface area contributed by atoms with E-state index in [1.807, 2.05) is 13.8 Å². The molecule has 0 radical (unpaired) electrons. The Kier molecular flexibility index (Phi) is 10.8. The minimum absolute atomic E-state index is 0.0511. The maximum atomic E-state index is 12.6. The van der Waals surface area contributed by atoms with Gasteiger partial charge in [0.15, 0.2) is 6.29 Å². The van der Waals surface area contributed by atoms with Gasteiger partial charge in [-0.25, -0.2) is 9.59 Å². The summed E-state index contributed by atoms with van der Waals surface area (Å²) >= 11 is 0. The molecule has 0 bridgehead atoms. The standard InChI is InChI=1S/C21H38N2O9/c1-7-8-14(24)23-15-17(26)16(25)13(31-19(15)28)10-30-18(27)12(9-11(2)3)22-20(29)32-21(4,5)6/h11-13,15-17,19,25-26,28H,7-10H2,1-6H3,(H,22,29)(H,23,24)/t12-,13+,15+,16+,17+,19?/m0/s1. The second kappa shape index (κ2) is 12.3. The molecule has 0 aromatic carbocycles. The molecular formula is C21H38N2O9. The summed E-state index contributed by atoms with van der Waals surface area (Å²) in [5, 5.41) is 35.7. The van der Waals surface area contributed by atoms with Crippen molar-refractivity contribution in [3.8, 4) is 0 Å². The molecule has 11 nitrogen and oxygen atoms in total. The molecular weight excluding hydrogens is 424 g/mol. The number of carbonyl (C=O) groups is 3. The number of aliphatic hydroxyl groups excluding tert-OH is 3. The fourth-order valence-corrected chi connectivity index (χ4v) is 3.13. The van der Waals surface area contributed by atoms with Crippen molar-refractivity contribution in [2.24, 2.45) is 5.92 Å². The third-order valence-corrected chi connectivity index (χ3v) is 4.60. The Balaban J connectivity index is 2.71. The van der Waals surface area contributed by atoms with Gasteiger partial charge in [0.05, 0.1) is 0 Å². The highest BCUT2D eigenvalue weighted by Crippen LogP contribution is 2.21. The number of hydrogen-bond donors (Lipinski definition) is 5. The predicted molar refractivity (Wildman–Crippen MR) is 113 cm³/mol. The molecule has 0 spiro atoms. The molecule has 1 rings (SSSR count). The summed E-state index contributed by atoms with van der Waals surface area (Å²) in [7, 11) is 0. The number of carbonyl (C=O) groups excluding carboxylic acids is 3. The highest BCUT2D eigenvalue weighted by Gasteiger charge is 2.45. The number of amides is 2. The Morgan fingerprint density at radius 2 is 1.72 bits per heavy atom. The maximum Gasteiger partial charge on any atom is 0.408 e. The zero-order valence-corrected chi connectivity index (χ0v) is 19.7. The van der Waals surface area contributed by atoms with Crippen LogP contribution in [0.1, 0.15) is 60.8 Å². The van der Waals surface area contributed by atoms with Crippen molar-refractivity contribution < 1.29 is 43.9 Å². The van der Waals surface area contributed by atoms with E-state index in [9.17, 15) is 29.7 Å². The number of alkyl carbamates (subject to hydrolysis) is 1. The molecule has 1 heterocycles. The van der Waals surface area contributed by atoms with E-state index in [0.29, 0.717) is 6.42 Å². The van der Waals surface area contributed by atoms with Crippen LogP contribution >= 0.6 is 0 Å². The zero-order valence-electron chi connectivity index (χ0n) is 19.7. The van der Waals surface area contributed by atoms with E-state index in [1.165, 1.54) is 0 Å². The van der Waals surface area contributed by atoms with Crippen LogP contribution < -0.4 is 10.6 Å². The van der Waals surface area contributed by atoms with Crippen LogP contribution in [0.5, 0.6) is 0 Å². The Morgan fingerprint density at radius 1 is 1.09 bits per heavy atom. The largest absolute Gasteiger partial charge is 0.461 e. The molecule has 1 aliphatic heterocycles. The molecule has 1 fully saturated rings. The van der Waals surface area contributed by atoms with Crippen molar-refractivity contribution in [1.82, 2.24) is 10.6 Å². The number of esters is 1. The van der Waals surface area contributed by atoms with Crippen LogP contribution in [-0.2, 0) is 23.8 Å². The van der Waals surface area contributed by atoms with Gasteiger partial charge in [-0.2, -0.15) is 0 Å². The maximum absolute atomic E-state index is 12.6. The molecule has 6 atom stereocenters. The van der Waals surface area contributed by atoms with E-state index >= 15 is 0 Å². The molecule has 0 aromatic rings. The molecule has 186 valence electrons. The van der Waals surface area contributed by atoms with Crippen LogP contribution in [0, 0.1) is 5.92 Å². The van der Waals surface area contributed by atoms with Gasteiger partial charge in [0.25, 0.3) is 0 Å². The van der Waals surface area contributed by atoms with Gasteiger partial charge in [0.1, 0.15) is 42.6 Å². The normalized spacial score (nSPS) is 26.9. The first kappa shape index (κ1) is 28.1. The van der Waals surface area contributed by atoms with Crippen molar-refractivity contribution >= 4 is 18.0 Å². The van der Waals surface area contributed by atoms with Gasteiger partial charge in [0.2, 0.25) is 5.91 Å². The van der Waals surface area contributed by atoms with E-state index in [2.05, 4.69) is 10.6 Å². The molecule has 1 unspecified atom stereocenters. The average molecular weight is 463 g/mol. The minimum Gasteiger partial charge on any atom is -0.461 e. The zero-order chi connectivity index (χ0) is 24.6. The van der Waals surface area contributed by atoms with Crippen molar-refractivity contribution in [3.63, 3.8) is 0 Å². The summed E-state index contributed by atoms with van der Waals surface area (Å²) in [6.07, 6.45) is -5.63. The lowest BCUT2D eigenvalue weighted by atomic mass is 9.97. The monoisotopic (exact) mass is 462 g/mol. The van der Waals surface area contributed by atoms with Crippen molar-refractivity contribution in [1.29, 1.82) is 0 Å². The molecule has 5 N–H and O–H groups in total. The van der Waals surface area contributed by atoms with Gasteiger partial charge in [-0.1, -0.05) is 20.8 Å². The van der Waals surface area contributed by atoms with E-state index in [4.69, 9.17) is 14.2 Å². The van der Waals surface area contributed by atoms with Crippen LogP contribution in [0.15, 0.2) is 0 Å². The second-order valence-corrected chi connectivity index (χ2v) is 9.35. The average Bonchev–Trinajstić information content (AvgIpc) is 2.64. The quantitative estimate of drug-likeness (QED) is 0.301. The van der Waals surface area contributed by atoms with Crippen LogP contribution in [0.25, 0.3) is 0 Å². The summed E-state index contributed by atoms with van der Waals surface area (Å²) in [5.74, 6) is -1.13. The summed E-state index contributed by atoms with van der Waals surface area (Å²) in [6.45, 7) is 10.1. The molecule has 32 heavy (non-hydrogen) atoms. The third kappa shape index (κ3) is 9.27. The minimum atomic E-state index is -1.61. The number of rotatable bonds is 9. The van der Waals surface area contributed by atoms with E-state index in [-0.39, 0.29) is 18.8 Å². The summed E-state index contributed by atoms with van der Waals surface area (Å²) in [5.41, 5.74) is -0.744. The second-order valence-electron chi connectivity index (χ2n) is 9.35. The van der Waals surface area contributed by atoms with Gasteiger partial charge < -0.3 is 40.2 Å². The highest BCUT2D eigenvalue weighted by atomic mass is 16.6. The lowest BCUT2D eigenvalue weighted by Crippen LogP contribution is -2.64. The summed E-state index contributed by atoms with van der Waals surface area (Å²) in [6, 6.07) is -2.22. The first-order valence-electron chi connectivity index (χ1n) is 10.9. The first-order chi connectivity index (χ1) is 14.7. The van der Waals surface area contributed by atoms with Crippen LogP contribution in [0.4, 0.5) is 4.79 Å². The molecule has 1 saturated heterocycles. The van der Waals surface area contributed by atoms with Gasteiger partial charge in [0, 0.05) is 6.42 Å². The molecule has 0 saturated carbocycles. The smallest absolute Gasteiger partial charge is 0.408 e. The van der Waals surface area contributed by atoms with Crippen molar-refractivity contribution in [2.45, 2.75) is 103 Å². The summed E-state index contributed by atoms with van der Waals surface area (Å²) < 4.78 is 15.6. The van der Waals surface area contributed by atoms with Crippen LogP contribution in [0.3, 0.4) is 0 Å². The Morgan fingerprint density at radius 3 is 2.25 bits per heavy atom. The Bertz CT molecular complexity index is 635. The topological polar surface area (TPSA) is 164 Å². The van der Waals surface area contributed by atoms with Crippen molar-refractivity contribution in [2.75, 3.05) is 6.61 Å². The molecule has 1 aliphatic rings. The number of ether oxygens (including phenoxy) is 3. The van der Waals surface area contributed by atoms with Gasteiger partial charge in [-0.15, -0.1) is 0 Å². The van der Waals surface area contributed by atoms with Gasteiger partial charge in [-0.05, 0) is 39.5 Å². The Hall–Kier alpha value is -1.95. The van der Waals surface area contributed by atoms with Gasteiger partial charge >= 0.3 is 12.1 Å². The third-order valence-electron chi connectivity index (χ3n) is 4.60. The predicted octanol–water partition coefficient (Wildman–Crippen LogP) is 0.193. The lowest BCUT2D eigenvalue weighted by molar-refractivity contribution is -0.256. The van der Waals surface area contributed by atoms with E-state index in [0.717, 1.165) is 0 Å². The number of hydrogen-bond acceptors (Lipinski definition) is 9. The fraction of sp³-hybridized carbons (Fsp3) is 0.857. The molecule has 2 amide bonds.